The highest BCUT2D eigenvalue weighted by Gasteiger charge is 2.59. The largest absolute Gasteiger partial charge is 0.389 e. The van der Waals surface area contributed by atoms with E-state index in [1.165, 1.54) is 0 Å². The summed E-state index contributed by atoms with van der Waals surface area (Å²) >= 11 is 0. The van der Waals surface area contributed by atoms with Crippen LogP contribution in [-0.4, -0.2) is 34.9 Å². The van der Waals surface area contributed by atoms with E-state index in [-0.39, 0.29) is 35.9 Å². The number of carbonyl (C=O) groups excluding carboxylic acids is 1. The first-order valence-corrected chi connectivity index (χ1v) is 10.9. The summed E-state index contributed by atoms with van der Waals surface area (Å²) in [4.78, 5) is 13.2. The Morgan fingerprint density at radius 3 is 2.43 bits per heavy atom. The quantitative estimate of drug-likeness (QED) is 0.685. The second-order valence-electron chi connectivity index (χ2n) is 9.55. The molecule has 0 radical (unpaired) electrons. The molecule has 2 unspecified atom stereocenters. The number of nitrogens with one attached hydrogen (secondary N) is 1. The number of fused-ring (bicyclic) bond motifs is 2. The topological polar surface area (TPSA) is 44.7 Å². The van der Waals surface area contributed by atoms with Gasteiger partial charge in [-0.3, -0.25) is 9.80 Å². The molecule has 0 spiro atoms. The average Bonchev–Trinajstić information content (AvgIpc) is 3.29. The molecule has 0 aromatic heterocycles. The standard InChI is InChI=1S/C23H30F3N3O/c1-21-12-9-17(10-13-21)22(21,2)27-20(30)18-15-19(16-7-4-3-5-8-16)29(28-18)14-6-11-23(24,25)26/h3-5,7-8,17,19H,6,9-15H2,1-2H3,(H,27,30)/t17-,19?,21+,22?. The average molecular weight is 422 g/mol. The molecule has 3 aliphatic rings. The first-order chi connectivity index (χ1) is 14.1. The zero-order chi connectivity index (χ0) is 21.6. The molecule has 4 nitrogen and oxygen atoms in total. The van der Waals surface area contributed by atoms with Crippen LogP contribution in [0.2, 0.25) is 0 Å². The molecule has 1 aromatic rings. The highest BCUT2D eigenvalue weighted by atomic mass is 19.4. The van der Waals surface area contributed by atoms with Crippen molar-refractivity contribution in [3.05, 3.63) is 35.9 Å². The lowest BCUT2D eigenvalue weighted by Gasteiger charge is -2.39. The molecule has 1 heterocycles. The summed E-state index contributed by atoms with van der Waals surface area (Å²) in [6.07, 6.45) is -0.138. The molecule has 0 saturated heterocycles. The van der Waals surface area contributed by atoms with Crippen molar-refractivity contribution in [1.82, 2.24) is 10.3 Å². The van der Waals surface area contributed by atoms with E-state index in [4.69, 9.17) is 0 Å². The maximum Gasteiger partial charge on any atom is 0.389 e. The molecule has 1 aromatic carbocycles. The number of halogens is 3. The minimum absolute atomic E-state index is 0.0386. The Labute approximate surface area is 175 Å². The summed E-state index contributed by atoms with van der Waals surface area (Å²) in [6.45, 7) is 4.58. The Kier molecular flexibility index (Phi) is 5.35. The first kappa shape index (κ1) is 21.2. The fourth-order valence-electron chi connectivity index (χ4n) is 5.71. The molecule has 2 saturated carbocycles. The lowest BCUT2D eigenvalue weighted by atomic mass is 9.76. The summed E-state index contributed by atoms with van der Waals surface area (Å²) in [6, 6.07) is 9.38. The molecule has 7 heteroatoms. The maximum absolute atomic E-state index is 13.2. The predicted octanol–water partition coefficient (Wildman–Crippen LogP) is 5.22. The van der Waals surface area contributed by atoms with E-state index in [2.05, 4.69) is 24.3 Å². The van der Waals surface area contributed by atoms with E-state index in [0.29, 0.717) is 18.1 Å². The van der Waals surface area contributed by atoms with E-state index in [1.54, 1.807) is 5.01 Å². The fraction of sp³-hybridized carbons (Fsp3) is 0.652. The maximum atomic E-state index is 13.2. The molecule has 2 atom stereocenters. The summed E-state index contributed by atoms with van der Waals surface area (Å²) < 4.78 is 37.9. The van der Waals surface area contributed by atoms with Crippen LogP contribution < -0.4 is 5.32 Å². The van der Waals surface area contributed by atoms with Gasteiger partial charge in [0, 0.05) is 24.9 Å². The zero-order valence-corrected chi connectivity index (χ0v) is 17.6. The van der Waals surface area contributed by atoms with E-state index in [0.717, 1.165) is 31.2 Å². The number of alkyl halides is 3. The Morgan fingerprint density at radius 1 is 1.20 bits per heavy atom. The molecule has 2 fully saturated rings. The number of benzene rings is 1. The molecule has 2 bridgehead atoms. The normalized spacial score (nSPS) is 33.1. The van der Waals surface area contributed by atoms with Crippen molar-refractivity contribution in [2.45, 2.75) is 76.6 Å². The van der Waals surface area contributed by atoms with Gasteiger partial charge in [0.25, 0.3) is 5.91 Å². The van der Waals surface area contributed by atoms with Gasteiger partial charge in [0.2, 0.25) is 0 Å². The molecular formula is C23H30F3N3O. The molecule has 2 aliphatic carbocycles. The number of hydrogen-bond donors (Lipinski definition) is 1. The van der Waals surface area contributed by atoms with E-state index in [9.17, 15) is 18.0 Å². The van der Waals surface area contributed by atoms with E-state index in [1.807, 2.05) is 30.3 Å². The third-order valence-electron chi connectivity index (χ3n) is 7.82. The van der Waals surface area contributed by atoms with Crippen LogP contribution in [0, 0.1) is 11.3 Å². The molecule has 1 N–H and O–H groups in total. The van der Waals surface area contributed by atoms with Gasteiger partial charge in [0.1, 0.15) is 5.71 Å². The minimum Gasteiger partial charge on any atom is -0.345 e. The minimum atomic E-state index is -4.18. The first-order valence-electron chi connectivity index (χ1n) is 10.9. The van der Waals surface area contributed by atoms with Gasteiger partial charge in [-0.05, 0) is 55.9 Å². The summed E-state index contributed by atoms with van der Waals surface area (Å²) in [5.41, 5.74) is 1.26. The van der Waals surface area contributed by atoms with Crippen molar-refractivity contribution in [3.8, 4) is 0 Å². The van der Waals surface area contributed by atoms with Crippen LogP contribution in [0.4, 0.5) is 13.2 Å². The van der Waals surface area contributed by atoms with Crippen molar-refractivity contribution in [3.63, 3.8) is 0 Å². The van der Waals surface area contributed by atoms with Crippen LogP contribution in [0.25, 0.3) is 0 Å². The third kappa shape index (κ3) is 3.83. The van der Waals surface area contributed by atoms with Gasteiger partial charge in [-0.25, -0.2) is 0 Å². The number of hydrogen-bond acceptors (Lipinski definition) is 3. The third-order valence-corrected chi connectivity index (χ3v) is 7.82. The van der Waals surface area contributed by atoms with Gasteiger partial charge in [0.05, 0.1) is 6.04 Å². The Morgan fingerprint density at radius 2 is 1.87 bits per heavy atom. The second-order valence-corrected chi connectivity index (χ2v) is 9.55. The van der Waals surface area contributed by atoms with Crippen LogP contribution in [0.1, 0.15) is 70.4 Å². The van der Waals surface area contributed by atoms with Gasteiger partial charge < -0.3 is 5.32 Å². The summed E-state index contributed by atoms with van der Waals surface area (Å²) in [7, 11) is 0. The highest BCUT2D eigenvalue weighted by Crippen LogP contribution is 2.60. The fourth-order valence-corrected chi connectivity index (χ4v) is 5.71. The number of nitrogens with zero attached hydrogens (tertiary/aromatic N) is 2. The Bertz CT molecular complexity index is 815. The smallest absolute Gasteiger partial charge is 0.345 e. The van der Waals surface area contributed by atoms with Crippen LogP contribution in [0.5, 0.6) is 0 Å². The lowest BCUT2D eigenvalue weighted by Crippen LogP contribution is -2.55. The zero-order valence-electron chi connectivity index (χ0n) is 17.6. The van der Waals surface area contributed by atoms with Gasteiger partial charge in [-0.2, -0.15) is 18.3 Å². The number of carbonyl (C=O) groups is 1. The molecule has 1 aliphatic heterocycles. The van der Waals surface area contributed by atoms with Gasteiger partial charge in [-0.15, -0.1) is 0 Å². The summed E-state index contributed by atoms with van der Waals surface area (Å²) in [5, 5.41) is 9.47. The predicted molar refractivity (Wildman–Crippen MR) is 110 cm³/mol. The van der Waals surface area contributed by atoms with Gasteiger partial charge >= 0.3 is 6.18 Å². The van der Waals surface area contributed by atoms with Crippen molar-refractivity contribution >= 4 is 11.6 Å². The van der Waals surface area contributed by atoms with Crippen LogP contribution in [0.15, 0.2) is 35.4 Å². The van der Waals surface area contributed by atoms with Crippen LogP contribution >= 0.6 is 0 Å². The Balaban J connectivity index is 1.49. The molecule has 1 amide bonds. The number of amides is 1. The van der Waals surface area contributed by atoms with Gasteiger partial charge in [0.15, 0.2) is 0 Å². The Hall–Kier alpha value is -2.05. The number of rotatable bonds is 6. The highest BCUT2D eigenvalue weighted by molar-refractivity contribution is 6.39. The molecule has 4 rings (SSSR count). The molecule has 164 valence electrons. The summed E-state index contributed by atoms with van der Waals surface area (Å²) in [5.74, 6) is 0.318. The molecule has 30 heavy (non-hydrogen) atoms. The van der Waals surface area contributed by atoms with Crippen LogP contribution in [0.3, 0.4) is 0 Å². The van der Waals surface area contributed by atoms with Crippen LogP contribution in [-0.2, 0) is 4.79 Å². The SMILES string of the molecule is CC1(NC(=O)C2=NN(CCCC(F)(F)F)C(c3ccccc3)C2)[C@H]2CC[C@]1(C)CC2. The van der Waals surface area contributed by atoms with Crippen molar-refractivity contribution in [2.24, 2.45) is 16.4 Å². The molecular weight excluding hydrogens is 391 g/mol. The van der Waals surface area contributed by atoms with Crippen molar-refractivity contribution in [1.29, 1.82) is 0 Å². The second kappa shape index (κ2) is 7.57. The monoisotopic (exact) mass is 421 g/mol. The van der Waals surface area contributed by atoms with E-state index < -0.39 is 12.6 Å². The van der Waals surface area contributed by atoms with Crippen molar-refractivity contribution in [2.75, 3.05) is 6.54 Å². The van der Waals surface area contributed by atoms with E-state index >= 15 is 0 Å². The lowest BCUT2D eigenvalue weighted by molar-refractivity contribution is -0.136. The van der Waals surface area contributed by atoms with Crippen molar-refractivity contribution < 1.29 is 18.0 Å². The number of hydrazone groups is 1. The van der Waals surface area contributed by atoms with Gasteiger partial charge in [-0.1, -0.05) is 37.3 Å².